The summed E-state index contributed by atoms with van der Waals surface area (Å²) in [4.78, 5) is 32.6. The molecule has 260 valence electrons. The van der Waals surface area contributed by atoms with E-state index in [2.05, 4.69) is 22.6 Å². The molecule has 0 aromatic heterocycles. The normalized spacial score (nSPS) is 11.2. The second kappa shape index (κ2) is 36.4. The number of rotatable bonds is 37. The number of hydrogen-bond donors (Lipinski definition) is 1. The summed E-state index contributed by atoms with van der Waals surface area (Å²) >= 11 is 2.41. The van der Waals surface area contributed by atoms with Crippen molar-refractivity contribution in [3.05, 3.63) is 0 Å². The number of esters is 1. The molecule has 0 aliphatic carbocycles. The van der Waals surface area contributed by atoms with Crippen LogP contribution in [0.2, 0.25) is 0 Å². The van der Waals surface area contributed by atoms with Crippen LogP contribution in [0.3, 0.4) is 0 Å². The lowest BCUT2D eigenvalue weighted by molar-refractivity contribution is -0.151. The van der Waals surface area contributed by atoms with E-state index in [9.17, 15) is 14.4 Å². The monoisotopic (exact) mass is 752 g/mol. The number of ketones is 1. The zero-order valence-electron chi connectivity index (χ0n) is 26.0. The van der Waals surface area contributed by atoms with Gasteiger partial charge in [0, 0.05) is 13.0 Å². The van der Waals surface area contributed by atoms with Crippen molar-refractivity contribution in [3.8, 4) is 0 Å². The Kier molecular flexibility index (Phi) is 35.6. The zero-order valence-corrected chi connectivity index (χ0v) is 28.2. The van der Waals surface area contributed by atoms with E-state index in [1.165, 1.54) is 23.7 Å². The molecule has 0 heterocycles. The third-order valence-corrected chi connectivity index (χ3v) is 6.20. The van der Waals surface area contributed by atoms with Crippen molar-refractivity contribution in [1.29, 1.82) is 0 Å². The summed E-state index contributed by atoms with van der Waals surface area (Å²) in [5.41, 5.74) is 0. The first kappa shape index (κ1) is 43.0. The van der Waals surface area contributed by atoms with E-state index < -0.39 is 17.7 Å². The van der Waals surface area contributed by atoms with Crippen molar-refractivity contribution in [2.75, 3.05) is 130 Å². The fourth-order valence-corrected chi connectivity index (χ4v) is 3.66. The highest BCUT2D eigenvalue weighted by atomic mass is 127. The second-order valence-electron chi connectivity index (χ2n) is 9.06. The molecule has 0 unspecified atom stereocenters. The lowest BCUT2D eigenvalue weighted by Gasteiger charge is -2.09. The fourth-order valence-electron chi connectivity index (χ4n) is 3.12. The third kappa shape index (κ3) is 35.5. The number of alkyl halides is 1. The number of hydrogen-bond acceptors (Lipinski definition) is 13. The van der Waals surface area contributed by atoms with Gasteiger partial charge in [0.15, 0.2) is 0 Å². The average Bonchev–Trinajstić information content (AvgIpc) is 3.02. The number of aliphatic carboxylic acids is 1. The van der Waals surface area contributed by atoms with Gasteiger partial charge in [0.05, 0.1) is 119 Å². The molecule has 0 rings (SSSR count). The largest absolute Gasteiger partial charge is 0.476 e. The van der Waals surface area contributed by atoms with Crippen molar-refractivity contribution in [2.24, 2.45) is 0 Å². The minimum Gasteiger partial charge on any atom is -0.476 e. The van der Waals surface area contributed by atoms with Crippen LogP contribution in [0, 0.1) is 0 Å². The minimum absolute atomic E-state index is 0.0185. The fraction of sp³-hybridized carbons (Fsp3) is 0.897. The van der Waals surface area contributed by atoms with Crippen molar-refractivity contribution in [3.63, 3.8) is 0 Å². The quantitative estimate of drug-likeness (QED) is 0.0323. The van der Waals surface area contributed by atoms with E-state index >= 15 is 0 Å². The Bertz CT molecular complexity index is 656. The summed E-state index contributed by atoms with van der Waals surface area (Å²) < 4.78 is 54.9. The van der Waals surface area contributed by atoms with Gasteiger partial charge >= 0.3 is 11.9 Å². The lowest BCUT2D eigenvalue weighted by atomic mass is 10.2. The number of Topliss-reactive ketones (excluding diaryl/α,β-unsaturated/α-hetero) is 1. The first-order valence-corrected chi connectivity index (χ1v) is 16.8. The van der Waals surface area contributed by atoms with Crippen molar-refractivity contribution < 1.29 is 66.9 Å². The molecule has 0 aliphatic rings. The van der Waals surface area contributed by atoms with Crippen molar-refractivity contribution in [2.45, 2.75) is 38.5 Å². The van der Waals surface area contributed by atoms with Crippen LogP contribution >= 0.6 is 22.6 Å². The first-order chi connectivity index (χ1) is 21.6. The minimum atomic E-state index is -1.56. The van der Waals surface area contributed by atoms with Crippen LogP contribution in [-0.4, -0.2) is 153 Å². The van der Waals surface area contributed by atoms with Gasteiger partial charge in [-0.3, -0.25) is 9.59 Å². The van der Waals surface area contributed by atoms with E-state index in [0.29, 0.717) is 106 Å². The molecule has 14 nitrogen and oxygen atoms in total. The van der Waals surface area contributed by atoms with Gasteiger partial charge in [-0.1, -0.05) is 35.4 Å². The molecule has 0 fully saturated rings. The highest BCUT2D eigenvalue weighted by Crippen LogP contribution is 2.02. The summed E-state index contributed by atoms with van der Waals surface area (Å²) in [6.07, 6.45) is 4.28. The number of ether oxygens (including phenoxy) is 10. The summed E-state index contributed by atoms with van der Waals surface area (Å²) in [5.74, 6) is -3.23. The predicted molar refractivity (Wildman–Crippen MR) is 168 cm³/mol. The van der Waals surface area contributed by atoms with Gasteiger partial charge in [-0.05, 0) is 17.3 Å². The number of unbranched alkanes of at least 4 members (excludes halogenated alkanes) is 3. The van der Waals surface area contributed by atoms with Crippen LogP contribution in [-0.2, 0) is 61.8 Å². The first-order valence-electron chi connectivity index (χ1n) is 15.2. The molecule has 0 spiro atoms. The van der Waals surface area contributed by atoms with Gasteiger partial charge in [0.1, 0.15) is 6.61 Å². The van der Waals surface area contributed by atoms with E-state index in [4.69, 9.17) is 52.5 Å². The Hall–Kier alpha value is -1.02. The van der Waals surface area contributed by atoms with Gasteiger partial charge in [-0.2, -0.15) is 0 Å². The highest BCUT2D eigenvalue weighted by Gasteiger charge is 2.14. The molecule has 1 N–H and O–H groups in total. The number of carbonyl (C=O) groups excluding carboxylic acids is 2. The number of carboxylic acid groups (broad SMARTS) is 1. The summed E-state index contributed by atoms with van der Waals surface area (Å²) in [5, 5.41) is 8.43. The van der Waals surface area contributed by atoms with Crippen LogP contribution in [0.1, 0.15) is 38.5 Å². The average molecular weight is 753 g/mol. The zero-order chi connectivity index (χ0) is 32.2. The van der Waals surface area contributed by atoms with Gasteiger partial charge in [-0.25, -0.2) is 4.79 Å². The molecule has 44 heavy (non-hydrogen) atoms. The molecule has 0 saturated carbocycles. The maximum Gasteiger partial charge on any atom is 0.372 e. The number of carbonyl (C=O) groups is 3. The van der Waals surface area contributed by atoms with Crippen LogP contribution < -0.4 is 0 Å². The van der Waals surface area contributed by atoms with Crippen molar-refractivity contribution in [1.82, 2.24) is 0 Å². The maximum atomic E-state index is 11.4. The maximum absolute atomic E-state index is 11.4. The molecule has 0 saturated heterocycles. The van der Waals surface area contributed by atoms with Crippen LogP contribution in [0.5, 0.6) is 0 Å². The standard InChI is InChI=1S/C29H53IO14/c30-7-3-1-2-4-8-35-9-10-36-11-12-37-13-14-38-15-16-39-17-18-40-19-20-41-21-22-42-23-24-43-25-26-44-28(32)6-5-27(31)29(33)34/h1-26H2,(H,33,34). The number of carboxylic acids is 1. The van der Waals surface area contributed by atoms with Gasteiger partial charge in [0.25, 0.3) is 0 Å². The molecule has 15 heteroatoms. The molecule has 0 amide bonds. The van der Waals surface area contributed by atoms with E-state index in [-0.39, 0.29) is 26.1 Å². The molecule has 0 aliphatic heterocycles. The second-order valence-corrected chi connectivity index (χ2v) is 10.1. The Balaban J connectivity index is 3.12. The summed E-state index contributed by atoms with van der Waals surface area (Å²) in [7, 11) is 0. The van der Waals surface area contributed by atoms with E-state index in [1.807, 2.05) is 0 Å². The number of halogens is 1. The Morgan fingerprint density at radius 1 is 0.409 bits per heavy atom. The molecular formula is C29H53IO14. The third-order valence-electron chi connectivity index (χ3n) is 5.43. The van der Waals surface area contributed by atoms with E-state index in [1.54, 1.807) is 0 Å². The smallest absolute Gasteiger partial charge is 0.372 e. The Morgan fingerprint density at radius 2 is 0.727 bits per heavy atom. The predicted octanol–water partition coefficient (Wildman–Crippen LogP) is 2.11. The van der Waals surface area contributed by atoms with Gasteiger partial charge in [-0.15, -0.1) is 0 Å². The van der Waals surface area contributed by atoms with Crippen LogP contribution in [0.25, 0.3) is 0 Å². The Morgan fingerprint density at radius 3 is 1.07 bits per heavy atom. The molecule has 0 aromatic rings. The van der Waals surface area contributed by atoms with E-state index in [0.717, 1.165) is 13.0 Å². The van der Waals surface area contributed by atoms with Gasteiger partial charge in [0.2, 0.25) is 5.78 Å². The lowest BCUT2D eigenvalue weighted by Crippen LogP contribution is -2.17. The SMILES string of the molecule is O=C(CCC(=O)C(=O)O)OCCOCCOCCOCCOCCOCCOCCOCCOCCOCCCCCCI. The molecule has 0 aromatic carbocycles. The topological polar surface area (TPSA) is 164 Å². The molecule has 0 atom stereocenters. The summed E-state index contributed by atoms with van der Waals surface area (Å²) in [6, 6.07) is 0. The highest BCUT2D eigenvalue weighted by molar-refractivity contribution is 14.1. The summed E-state index contributed by atoms with van der Waals surface area (Å²) in [6.45, 7) is 8.70. The molecular weight excluding hydrogens is 699 g/mol. The molecule has 0 radical (unpaired) electrons. The van der Waals surface area contributed by atoms with Crippen molar-refractivity contribution >= 4 is 40.3 Å². The Labute approximate surface area is 275 Å². The van der Waals surface area contributed by atoms with Crippen LogP contribution in [0.4, 0.5) is 0 Å². The molecule has 0 bridgehead atoms. The van der Waals surface area contributed by atoms with Gasteiger partial charge < -0.3 is 52.5 Å². The van der Waals surface area contributed by atoms with Crippen LogP contribution in [0.15, 0.2) is 0 Å².